The zero-order chi connectivity index (χ0) is 20.5. The number of nitrogens with zero attached hydrogens (tertiary/aromatic N) is 3. The molecule has 1 fully saturated rings. The third kappa shape index (κ3) is 6.56. The van der Waals surface area contributed by atoms with Gasteiger partial charge in [-0.25, -0.2) is 4.98 Å². The molecule has 1 aliphatic heterocycles. The van der Waals surface area contributed by atoms with E-state index in [0.29, 0.717) is 37.0 Å². The Kier molecular flexibility index (Phi) is 7.57. The second kappa shape index (κ2) is 10.6. The fourth-order valence-electron chi connectivity index (χ4n) is 2.83. The van der Waals surface area contributed by atoms with Crippen molar-refractivity contribution in [2.45, 2.75) is 26.2 Å². The highest BCUT2D eigenvalue weighted by Crippen LogP contribution is 2.16. The van der Waals surface area contributed by atoms with Crippen molar-refractivity contribution in [1.29, 1.82) is 0 Å². The summed E-state index contributed by atoms with van der Waals surface area (Å²) >= 11 is 1.38. The van der Waals surface area contributed by atoms with Gasteiger partial charge >= 0.3 is 5.97 Å². The lowest BCUT2D eigenvalue weighted by Crippen LogP contribution is -2.29. The lowest BCUT2D eigenvalue weighted by molar-refractivity contribution is -0.142. The van der Waals surface area contributed by atoms with Crippen molar-refractivity contribution >= 4 is 34.6 Å². The Hall–Kier alpha value is -2.94. The van der Waals surface area contributed by atoms with Crippen LogP contribution in [0.4, 0.5) is 5.13 Å². The van der Waals surface area contributed by atoms with Crippen molar-refractivity contribution < 1.29 is 19.1 Å². The molecule has 1 saturated heterocycles. The van der Waals surface area contributed by atoms with Crippen molar-refractivity contribution in [3.63, 3.8) is 0 Å². The van der Waals surface area contributed by atoms with Crippen molar-refractivity contribution in [2.75, 3.05) is 31.7 Å². The Labute approximate surface area is 173 Å². The molecule has 3 rings (SSSR count). The highest BCUT2D eigenvalue weighted by molar-refractivity contribution is 7.13. The molecule has 0 spiro atoms. The molecule has 29 heavy (non-hydrogen) atoms. The number of hydrogen-bond acceptors (Lipinski definition) is 8. The van der Waals surface area contributed by atoms with Crippen molar-refractivity contribution in [3.8, 4) is 5.75 Å². The number of esters is 1. The van der Waals surface area contributed by atoms with Crippen LogP contribution in [0.25, 0.3) is 0 Å². The zero-order valence-electron chi connectivity index (χ0n) is 16.3. The van der Waals surface area contributed by atoms with Crippen LogP contribution in [0.3, 0.4) is 0 Å². The summed E-state index contributed by atoms with van der Waals surface area (Å²) < 4.78 is 10.6. The van der Waals surface area contributed by atoms with Crippen molar-refractivity contribution in [1.82, 2.24) is 9.88 Å². The van der Waals surface area contributed by atoms with Gasteiger partial charge in [-0.1, -0.05) is 0 Å². The van der Waals surface area contributed by atoms with E-state index in [1.807, 2.05) is 29.2 Å². The van der Waals surface area contributed by atoms with Crippen LogP contribution in [-0.4, -0.2) is 54.3 Å². The van der Waals surface area contributed by atoms with E-state index >= 15 is 0 Å². The number of likely N-dealkylation sites (tertiary alicyclic amines) is 1. The summed E-state index contributed by atoms with van der Waals surface area (Å²) in [5, 5.41) is 6.58. The molecule has 9 heteroatoms. The van der Waals surface area contributed by atoms with Gasteiger partial charge in [0.25, 0.3) is 0 Å². The van der Waals surface area contributed by atoms with Gasteiger partial charge in [-0.2, -0.15) is 5.10 Å². The van der Waals surface area contributed by atoms with Gasteiger partial charge in [0.1, 0.15) is 12.4 Å². The number of aromatic nitrogens is 1. The predicted molar refractivity (Wildman–Crippen MR) is 111 cm³/mol. The second-order valence-electron chi connectivity index (χ2n) is 6.40. The van der Waals surface area contributed by atoms with Gasteiger partial charge in [0.15, 0.2) is 0 Å². The Morgan fingerprint density at radius 3 is 2.93 bits per heavy atom. The van der Waals surface area contributed by atoms with E-state index in [1.54, 1.807) is 18.5 Å². The molecule has 2 heterocycles. The molecule has 2 aromatic rings. The van der Waals surface area contributed by atoms with Gasteiger partial charge in [0, 0.05) is 18.3 Å². The summed E-state index contributed by atoms with van der Waals surface area (Å²) in [5.41, 5.74) is 4.42. The first-order valence-electron chi connectivity index (χ1n) is 9.54. The molecular formula is C20H24N4O4S. The number of thiazole rings is 1. The maximum absolute atomic E-state index is 11.6. The molecule has 1 aliphatic rings. The molecular weight excluding hydrogens is 392 g/mol. The fourth-order valence-corrected chi connectivity index (χ4v) is 3.48. The number of hydrazone groups is 1. The molecule has 1 N–H and O–H groups in total. The molecule has 0 radical (unpaired) electrons. The van der Waals surface area contributed by atoms with Crippen LogP contribution < -0.4 is 10.2 Å². The van der Waals surface area contributed by atoms with Crippen LogP contribution in [0.15, 0.2) is 34.7 Å². The standard InChI is InChI=1S/C20H24N4O4S/c1-2-27-19(26)12-16-14-29-20(22-16)23-21-13-15-5-7-17(8-6-15)28-11-10-24-9-3-4-18(24)25/h5-8,13-14H,2-4,9-12H2,1H3,(H,22,23). The summed E-state index contributed by atoms with van der Waals surface area (Å²) in [4.78, 5) is 29.2. The number of carbonyl (C=O) groups is 2. The SMILES string of the molecule is CCOC(=O)Cc1csc(NN=Cc2ccc(OCCN3CCCC3=O)cc2)n1. The monoisotopic (exact) mass is 416 g/mol. The summed E-state index contributed by atoms with van der Waals surface area (Å²) in [5.74, 6) is 0.674. The number of hydrogen-bond donors (Lipinski definition) is 1. The molecule has 1 amide bonds. The number of amides is 1. The smallest absolute Gasteiger partial charge is 0.311 e. The van der Waals surface area contributed by atoms with Crippen LogP contribution in [0.5, 0.6) is 5.75 Å². The third-order valence-electron chi connectivity index (χ3n) is 4.24. The molecule has 1 aromatic carbocycles. The number of benzene rings is 1. The van der Waals surface area contributed by atoms with E-state index in [1.165, 1.54) is 11.3 Å². The van der Waals surface area contributed by atoms with E-state index in [-0.39, 0.29) is 18.3 Å². The van der Waals surface area contributed by atoms with Gasteiger partial charge < -0.3 is 14.4 Å². The number of rotatable bonds is 10. The van der Waals surface area contributed by atoms with Crippen molar-refractivity contribution in [3.05, 3.63) is 40.9 Å². The molecule has 0 aliphatic carbocycles. The average Bonchev–Trinajstić information content (AvgIpc) is 3.32. The predicted octanol–water partition coefficient (Wildman–Crippen LogP) is 2.70. The zero-order valence-corrected chi connectivity index (χ0v) is 17.1. The Balaban J connectivity index is 1.41. The highest BCUT2D eigenvalue weighted by atomic mass is 32.1. The largest absolute Gasteiger partial charge is 0.492 e. The first-order valence-corrected chi connectivity index (χ1v) is 10.4. The van der Waals surface area contributed by atoms with Gasteiger partial charge in [0.05, 0.1) is 31.5 Å². The van der Waals surface area contributed by atoms with E-state index in [9.17, 15) is 9.59 Å². The Bertz CT molecular complexity index is 850. The molecule has 0 atom stereocenters. The van der Waals surface area contributed by atoms with Crippen LogP contribution in [0, 0.1) is 0 Å². The topological polar surface area (TPSA) is 93.1 Å². The van der Waals surface area contributed by atoms with Gasteiger partial charge in [-0.15, -0.1) is 11.3 Å². The summed E-state index contributed by atoms with van der Waals surface area (Å²) in [6, 6.07) is 7.53. The number of anilines is 1. The first-order chi connectivity index (χ1) is 14.1. The summed E-state index contributed by atoms with van der Waals surface area (Å²) in [7, 11) is 0. The average molecular weight is 417 g/mol. The number of ether oxygens (including phenoxy) is 2. The number of carbonyl (C=O) groups excluding carboxylic acids is 2. The quantitative estimate of drug-likeness (QED) is 0.364. The lowest BCUT2D eigenvalue weighted by Gasteiger charge is -2.15. The van der Waals surface area contributed by atoms with E-state index in [2.05, 4.69) is 15.5 Å². The highest BCUT2D eigenvalue weighted by Gasteiger charge is 2.19. The van der Waals surface area contributed by atoms with Crippen LogP contribution >= 0.6 is 11.3 Å². The van der Waals surface area contributed by atoms with Gasteiger partial charge in [0.2, 0.25) is 11.0 Å². The fraction of sp³-hybridized carbons (Fsp3) is 0.400. The van der Waals surface area contributed by atoms with Gasteiger partial charge in [-0.3, -0.25) is 15.0 Å². The lowest BCUT2D eigenvalue weighted by atomic mass is 10.2. The molecule has 0 bridgehead atoms. The van der Waals surface area contributed by atoms with Crippen LogP contribution in [0.1, 0.15) is 31.0 Å². The molecule has 154 valence electrons. The minimum Gasteiger partial charge on any atom is -0.492 e. The summed E-state index contributed by atoms with van der Waals surface area (Å²) in [6.07, 6.45) is 3.42. The number of nitrogens with one attached hydrogen (secondary N) is 1. The maximum atomic E-state index is 11.6. The van der Waals surface area contributed by atoms with Crippen LogP contribution in [-0.2, 0) is 20.7 Å². The molecule has 8 nitrogen and oxygen atoms in total. The minimum atomic E-state index is -0.290. The van der Waals surface area contributed by atoms with Crippen molar-refractivity contribution in [2.24, 2.45) is 5.10 Å². The van der Waals surface area contributed by atoms with Gasteiger partial charge in [-0.05, 0) is 43.2 Å². The minimum absolute atomic E-state index is 0.156. The molecule has 0 unspecified atom stereocenters. The van der Waals surface area contributed by atoms with E-state index in [0.717, 1.165) is 24.3 Å². The second-order valence-corrected chi connectivity index (χ2v) is 7.26. The first kappa shape index (κ1) is 20.8. The normalized spacial score (nSPS) is 13.8. The maximum Gasteiger partial charge on any atom is 0.311 e. The Morgan fingerprint density at radius 2 is 2.21 bits per heavy atom. The third-order valence-corrected chi connectivity index (χ3v) is 5.03. The van der Waals surface area contributed by atoms with E-state index in [4.69, 9.17) is 9.47 Å². The van der Waals surface area contributed by atoms with Crippen LogP contribution in [0.2, 0.25) is 0 Å². The van der Waals surface area contributed by atoms with E-state index < -0.39 is 0 Å². The molecule has 0 saturated carbocycles. The Morgan fingerprint density at radius 1 is 1.38 bits per heavy atom. The summed E-state index contributed by atoms with van der Waals surface area (Å²) in [6.45, 7) is 4.07. The molecule has 1 aromatic heterocycles.